The highest BCUT2D eigenvalue weighted by molar-refractivity contribution is 5.95. The summed E-state index contributed by atoms with van der Waals surface area (Å²) in [6, 6.07) is 14.7. The summed E-state index contributed by atoms with van der Waals surface area (Å²) >= 11 is 0. The summed E-state index contributed by atoms with van der Waals surface area (Å²) in [6.45, 7) is 0. The van der Waals surface area contributed by atoms with E-state index in [1.165, 1.54) is 5.56 Å². The lowest BCUT2D eigenvalue weighted by Crippen LogP contribution is -2.31. The topological polar surface area (TPSA) is 68.5 Å². The van der Waals surface area contributed by atoms with Crippen LogP contribution < -0.4 is 15.7 Å². The van der Waals surface area contributed by atoms with Crippen molar-refractivity contribution in [2.24, 2.45) is 0 Å². The minimum atomic E-state index is -0.528. The van der Waals surface area contributed by atoms with Gasteiger partial charge in [-0.05, 0) is 60.0 Å². The van der Waals surface area contributed by atoms with E-state index in [0.29, 0.717) is 16.5 Å². The van der Waals surface area contributed by atoms with Gasteiger partial charge in [0.05, 0.1) is 18.5 Å². The van der Waals surface area contributed by atoms with Gasteiger partial charge in [0.1, 0.15) is 5.75 Å². The predicted molar refractivity (Wildman–Crippen MR) is 98.6 cm³/mol. The number of benzene rings is 2. The van der Waals surface area contributed by atoms with Crippen LogP contribution in [0.1, 0.15) is 40.6 Å². The molecular formula is C21H19NO4. The van der Waals surface area contributed by atoms with E-state index in [2.05, 4.69) is 11.4 Å². The van der Waals surface area contributed by atoms with Gasteiger partial charge in [-0.2, -0.15) is 0 Å². The van der Waals surface area contributed by atoms with E-state index in [4.69, 9.17) is 9.15 Å². The highest BCUT2D eigenvalue weighted by atomic mass is 16.5. The number of aryl methyl sites for hydroxylation is 1. The molecule has 1 aliphatic rings. The van der Waals surface area contributed by atoms with Crippen molar-refractivity contribution in [2.45, 2.75) is 25.3 Å². The van der Waals surface area contributed by atoms with Gasteiger partial charge in [-0.3, -0.25) is 4.79 Å². The third kappa shape index (κ3) is 2.96. The van der Waals surface area contributed by atoms with Crippen LogP contribution in [0.25, 0.3) is 10.8 Å². The lowest BCUT2D eigenvalue weighted by molar-refractivity contribution is 0.0900. The van der Waals surface area contributed by atoms with Crippen LogP contribution in [0, 0.1) is 0 Å². The fourth-order valence-corrected chi connectivity index (χ4v) is 3.54. The van der Waals surface area contributed by atoms with Crippen LogP contribution in [-0.2, 0) is 6.42 Å². The lowest BCUT2D eigenvalue weighted by atomic mass is 9.87. The van der Waals surface area contributed by atoms with Crippen molar-refractivity contribution < 1.29 is 13.9 Å². The van der Waals surface area contributed by atoms with E-state index in [0.717, 1.165) is 24.8 Å². The molecule has 0 radical (unpaired) electrons. The van der Waals surface area contributed by atoms with Crippen LogP contribution in [0.5, 0.6) is 5.75 Å². The predicted octanol–water partition coefficient (Wildman–Crippen LogP) is 3.61. The molecule has 0 saturated heterocycles. The monoisotopic (exact) mass is 349 g/mol. The minimum Gasteiger partial charge on any atom is -0.497 e. The van der Waals surface area contributed by atoms with E-state index < -0.39 is 5.63 Å². The van der Waals surface area contributed by atoms with Crippen LogP contribution in [0.15, 0.2) is 57.7 Å². The Labute approximate surface area is 150 Å². The summed E-state index contributed by atoms with van der Waals surface area (Å²) < 4.78 is 10.4. The Morgan fingerprint density at radius 1 is 1.19 bits per heavy atom. The number of rotatable bonds is 3. The Kier molecular flexibility index (Phi) is 4.21. The van der Waals surface area contributed by atoms with Crippen LogP contribution in [0.2, 0.25) is 0 Å². The third-order valence-electron chi connectivity index (χ3n) is 4.87. The molecule has 1 aromatic heterocycles. The molecule has 5 nitrogen and oxygen atoms in total. The van der Waals surface area contributed by atoms with Gasteiger partial charge in [0.25, 0.3) is 5.91 Å². The first kappa shape index (κ1) is 16.4. The van der Waals surface area contributed by atoms with Crippen LogP contribution in [0.4, 0.5) is 0 Å². The van der Waals surface area contributed by atoms with Crippen molar-refractivity contribution in [3.8, 4) is 5.75 Å². The fraction of sp³-hybridized carbons (Fsp3) is 0.238. The number of carbonyl (C=O) groups is 1. The van der Waals surface area contributed by atoms with Gasteiger partial charge in [-0.15, -0.1) is 0 Å². The van der Waals surface area contributed by atoms with Gasteiger partial charge in [0.15, 0.2) is 5.76 Å². The summed E-state index contributed by atoms with van der Waals surface area (Å²) in [5.74, 6) is 0.253. The quantitative estimate of drug-likeness (QED) is 0.784. The Morgan fingerprint density at radius 3 is 2.88 bits per heavy atom. The SMILES string of the molecule is COc1ccc2c(=O)oc(C(=O)NC3CCCc4ccccc43)cc2c1. The van der Waals surface area contributed by atoms with Crippen molar-refractivity contribution in [2.75, 3.05) is 7.11 Å². The first-order valence-corrected chi connectivity index (χ1v) is 8.66. The second-order valence-electron chi connectivity index (χ2n) is 6.47. The summed E-state index contributed by atoms with van der Waals surface area (Å²) in [5.41, 5.74) is 1.87. The molecule has 26 heavy (non-hydrogen) atoms. The zero-order valence-corrected chi connectivity index (χ0v) is 14.5. The molecule has 2 aromatic carbocycles. The average Bonchev–Trinajstić information content (AvgIpc) is 2.67. The molecule has 1 atom stereocenters. The largest absolute Gasteiger partial charge is 0.497 e. The maximum atomic E-state index is 12.7. The molecule has 1 N–H and O–H groups in total. The Bertz CT molecular complexity index is 1040. The van der Waals surface area contributed by atoms with Crippen LogP contribution in [-0.4, -0.2) is 13.0 Å². The molecule has 1 heterocycles. The Balaban J connectivity index is 1.66. The molecule has 0 spiro atoms. The molecule has 0 saturated carbocycles. The number of methoxy groups -OCH3 is 1. The zero-order chi connectivity index (χ0) is 18.1. The van der Waals surface area contributed by atoms with Crippen molar-refractivity contribution in [3.05, 3.63) is 75.8 Å². The Hall–Kier alpha value is -3.08. The van der Waals surface area contributed by atoms with E-state index in [9.17, 15) is 9.59 Å². The molecule has 0 bridgehead atoms. The van der Waals surface area contributed by atoms with Crippen molar-refractivity contribution >= 4 is 16.7 Å². The molecule has 0 fully saturated rings. The normalized spacial score (nSPS) is 16.1. The summed E-state index contributed by atoms with van der Waals surface area (Å²) in [5, 5.41) is 4.05. The smallest absolute Gasteiger partial charge is 0.344 e. The fourth-order valence-electron chi connectivity index (χ4n) is 3.54. The van der Waals surface area contributed by atoms with Crippen LogP contribution >= 0.6 is 0 Å². The molecule has 5 heteroatoms. The van der Waals surface area contributed by atoms with Crippen LogP contribution in [0.3, 0.4) is 0 Å². The molecule has 1 aliphatic carbocycles. The van der Waals surface area contributed by atoms with Crippen molar-refractivity contribution in [3.63, 3.8) is 0 Å². The summed E-state index contributed by atoms with van der Waals surface area (Å²) in [7, 11) is 1.56. The number of hydrogen-bond donors (Lipinski definition) is 1. The maximum Gasteiger partial charge on any atom is 0.344 e. The molecule has 132 valence electrons. The summed E-state index contributed by atoms with van der Waals surface area (Å²) in [4.78, 5) is 24.9. The molecule has 1 amide bonds. The Morgan fingerprint density at radius 2 is 2.04 bits per heavy atom. The first-order chi connectivity index (χ1) is 12.7. The van der Waals surface area contributed by atoms with E-state index in [1.54, 1.807) is 31.4 Å². The number of fused-ring (bicyclic) bond motifs is 2. The van der Waals surface area contributed by atoms with Gasteiger partial charge in [0.2, 0.25) is 0 Å². The molecule has 1 unspecified atom stereocenters. The second kappa shape index (κ2) is 6.67. The minimum absolute atomic E-state index is 0.0128. The molecule has 3 aromatic rings. The maximum absolute atomic E-state index is 12.7. The number of amides is 1. The zero-order valence-electron chi connectivity index (χ0n) is 14.5. The van der Waals surface area contributed by atoms with Gasteiger partial charge in [-0.25, -0.2) is 4.79 Å². The van der Waals surface area contributed by atoms with Gasteiger partial charge in [0, 0.05) is 0 Å². The molecular weight excluding hydrogens is 330 g/mol. The van der Waals surface area contributed by atoms with Crippen molar-refractivity contribution in [1.29, 1.82) is 0 Å². The van der Waals surface area contributed by atoms with E-state index >= 15 is 0 Å². The number of carbonyl (C=O) groups excluding carboxylic acids is 1. The third-order valence-corrected chi connectivity index (χ3v) is 4.87. The highest BCUT2D eigenvalue weighted by Crippen LogP contribution is 2.29. The van der Waals surface area contributed by atoms with E-state index in [-0.39, 0.29) is 17.7 Å². The molecule has 0 aliphatic heterocycles. The van der Waals surface area contributed by atoms with E-state index in [1.807, 2.05) is 18.2 Å². The first-order valence-electron chi connectivity index (χ1n) is 8.66. The number of ether oxygens (including phenoxy) is 1. The number of hydrogen-bond acceptors (Lipinski definition) is 4. The van der Waals surface area contributed by atoms with Gasteiger partial charge in [-0.1, -0.05) is 24.3 Å². The standard InChI is InChI=1S/C21H19NO4/c1-25-15-9-10-17-14(11-15)12-19(26-21(17)24)20(23)22-18-8-4-6-13-5-2-3-7-16(13)18/h2-3,5,7,9-12,18H,4,6,8H2,1H3,(H,22,23). The highest BCUT2D eigenvalue weighted by Gasteiger charge is 2.23. The van der Waals surface area contributed by atoms with Crippen molar-refractivity contribution in [1.82, 2.24) is 5.32 Å². The van der Waals surface area contributed by atoms with Gasteiger partial charge < -0.3 is 14.5 Å². The van der Waals surface area contributed by atoms with Gasteiger partial charge >= 0.3 is 5.63 Å². The average molecular weight is 349 g/mol. The lowest BCUT2D eigenvalue weighted by Gasteiger charge is -2.26. The molecule has 4 rings (SSSR count). The summed E-state index contributed by atoms with van der Waals surface area (Å²) in [6.07, 6.45) is 2.91. The second-order valence-corrected chi connectivity index (χ2v) is 6.47. The number of nitrogens with one attached hydrogen (secondary N) is 1.